The Bertz CT molecular complexity index is 112. The fraction of sp³-hybridized carbons (Fsp3) is 0.333. The van der Waals surface area contributed by atoms with Crippen molar-refractivity contribution in [3.05, 3.63) is 22.6 Å². The van der Waals surface area contributed by atoms with Crippen LogP contribution in [-0.2, 0) is 0 Å². The molecule has 46 valence electrons. The number of hydrogen-bond donors (Lipinski definition) is 0. The van der Waals surface area contributed by atoms with Crippen molar-refractivity contribution in [2.45, 2.75) is 13.8 Å². The lowest BCUT2D eigenvalue weighted by Crippen LogP contribution is -1.43. The van der Waals surface area contributed by atoms with E-state index in [0.717, 1.165) is 11.3 Å². The van der Waals surface area contributed by atoms with E-state index in [2.05, 4.69) is 0 Å². The van der Waals surface area contributed by atoms with Crippen molar-refractivity contribution in [3.63, 3.8) is 0 Å². The minimum Gasteiger partial charge on any atom is -0.195 e. The van der Waals surface area contributed by atoms with Crippen molar-refractivity contribution in [3.8, 4) is 0 Å². The van der Waals surface area contributed by atoms with Gasteiger partial charge in [0.05, 0.1) is 0 Å². The molecule has 0 nitrogen and oxygen atoms in total. The maximum atomic E-state index is 11.7. The van der Waals surface area contributed by atoms with Crippen LogP contribution < -0.4 is 0 Å². The average Bonchev–Trinajstić information content (AvgIpc) is 2.24. The van der Waals surface area contributed by atoms with Gasteiger partial charge in [-0.3, -0.25) is 0 Å². The van der Waals surface area contributed by atoms with E-state index in [-0.39, 0.29) is 5.13 Å². The fourth-order valence-electron chi connectivity index (χ4n) is 0.259. The third kappa shape index (κ3) is 2.75. The van der Waals surface area contributed by atoms with E-state index in [1.54, 1.807) is 11.4 Å². The second-order valence-electron chi connectivity index (χ2n) is 0.917. The van der Waals surface area contributed by atoms with Crippen molar-refractivity contribution in [2.24, 2.45) is 0 Å². The first-order valence-corrected chi connectivity index (χ1v) is 3.46. The Labute approximate surface area is 53.0 Å². The first-order valence-electron chi connectivity index (χ1n) is 2.58. The zero-order valence-electron chi connectivity index (χ0n) is 5.02. The van der Waals surface area contributed by atoms with Crippen molar-refractivity contribution < 1.29 is 4.39 Å². The van der Waals surface area contributed by atoms with Crippen LogP contribution in [0.25, 0.3) is 0 Å². The van der Waals surface area contributed by atoms with Crippen molar-refractivity contribution >= 4 is 11.3 Å². The minimum atomic E-state index is -0.116. The molecule has 1 heterocycles. The van der Waals surface area contributed by atoms with Gasteiger partial charge < -0.3 is 0 Å². The Morgan fingerprint density at radius 2 is 2.12 bits per heavy atom. The summed E-state index contributed by atoms with van der Waals surface area (Å²) in [7, 11) is 0. The van der Waals surface area contributed by atoms with Gasteiger partial charge in [0.2, 0.25) is 0 Å². The van der Waals surface area contributed by atoms with E-state index in [0.29, 0.717) is 0 Å². The molecule has 0 unspecified atom stereocenters. The van der Waals surface area contributed by atoms with Gasteiger partial charge in [-0.1, -0.05) is 13.8 Å². The molecule has 0 aliphatic carbocycles. The molecule has 0 aliphatic heterocycles. The van der Waals surface area contributed by atoms with Gasteiger partial charge in [0.15, 0.2) is 5.13 Å². The van der Waals surface area contributed by atoms with Gasteiger partial charge in [-0.2, -0.15) is 4.39 Å². The van der Waals surface area contributed by atoms with Crippen molar-refractivity contribution in [1.82, 2.24) is 0 Å². The first kappa shape index (κ1) is 7.63. The van der Waals surface area contributed by atoms with E-state index in [9.17, 15) is 4.39 Å². The third-order valence-electron chi connectivity index (χ3n) is 0.486. The van der Waals surface area contributed by atoms with Crippen LogP contribution in [0.4, 0.5) is 4.39 Å². The minimum absolute atomic E-state index is 0.116. The van der Waals surface area contributed by atoms with Crippen LogP contribution in [0.15, 0.2) is 17.5 Å². The van der Waals surface area contributed by atoms with Crippen LogP contribution in [0.2, 0.25) is 0 Å². The second-order valence-corrected chi connectivity index (χ2v) is 1.82. The maximum Gasteiger partial charge on any atom is 0.176 e. The van der Waals surface area contributed by atoms with Gasteiger partial charge >= 0.3 is 0 Å². The van der Waals surface area contributed by atoms with Crippen molar-refractivity contribution in [2.75, 3.05) is 0 Å². The molecule has 0 bridgehead atoms. The highest BCUT2D eigenvalue weighted by atomic mass is 32.1. The summed E-state index contributed by atoms with van der Waals surface area (Å²) in [6.45, 7) is 4.00. The number of hydrogen-bond acceptors (Lipinski definition) is 1. The summed E-state index contributed by atoms with van der Waals surface area (Å²) >= 11 is 1.11. The monoisotopic (exact) mass is 132 g/mol. The molecule has 0 aromatic carbocycles. The van der Waals surface area contributed by atoms with Gasteiger partial charge in [0, 0.05) is 0 Å². The maximum absolute atomic E-state index is 11.7. The zero-order chi connectivity index (χ0) is 6.41. The van der Waals surface area contributed by atoms with Crippen LogP contribution in [0.1, 0.15) is 13.8 Å². The molecule has 0 saturated heterocycles. The lowest BCUT2D eigenvalue weighted by Gasteiger charge is -1.60. The van der Waals surface area contributed by atoms with E-state index in [4.69, 9.17) is 0 Å². The zero-order valence-corrected chi connectivity index (χ0v) is 5.83. The van der Waals surface area contributed by atoms with E-state index in [1.165, 1.54) is 6.07 Å². The second kappa shape index (κ2) is 4.78. The van der Waals surface area contributed by atoms with Crippen LogP contribution in [0, 0.1) is 5.13 Å². The number of halogens is 1. The molecule has 0 aliphatic rings. The predicted octanol–water partition coefficient (Wildman–Crippen LogP) is 2.91. The lowest BCUT2D eigenvalue weighted by atomic mass is 10.7. The van der Waals surface area contributed by atoms with Crippen molar-refractivity contribution in [1.29, 1.82) is 0 Å². The number of rotatable bonds is 0. The summed E-state index contributed by atoms with van der Waals surface area (Å²) < 4.78 is 11.7. The topological polar surface area (TPSA) is 0 Å². The highest BCUT2D eigenvalue weighted by molar-refractivity contribution is 7.08. The van der Waals surface area contributed by atoms with E-state index >= 15 is 0 Å². The molecule has 0 radical (unpaired) electrons. The summed E-state index contributed by atoms with van der Waals surface area (Å²) in [6.07, 6.45) is 0. The Balaban J connectivity index is 0.000000222. The molecule has 0 N–H and O–H groups in total. The molecule has 1 aromatic heterocycles. The molecule has 0 fully saturated rings. The molecule has 2 heteroatoms. The summed E-state index contributed by atoms with van der Waals surface area (Å²) in [5, 5.41) is 1.59. The largest absolute Gasteiger partial charge is 0.195 e. The average molecular weight is 132 g/mol. The summed E-state index contributed by atoms with van der Waals surface area (Å²) in [4.78, 5) is 0. The van der Waals surface area contributed by atoms with Crippen LogP contribution in [-0.4, -0.2) is 0 Å². The molecule has 0 amide bonds. The predicted molar refractivity (Wildman–Crippen MR) is 35.6 cm³/mol. The van der Waals surface area contributed by atoms with E-state index < -0.39 is 0 Å². The highest BCUT2D eigenvalue weighted by Gasteiger charge is 1.80. The standard InChI is InChI=1S/C4H3FS.C2H6/c5-4-2-1-3-6-4;1-2/h1-3H;1-2H3. The molecule has 0 saturated carbocycles. The molecule has 8 heavy (non-hydrogen) atoms. The van der Waals surface area contributed by atoms with E-state index in [1.807, 2.05) is 13.8 Å². The Morgan fingerprint density at radius 3 is 2.25 bits per heavy atom. The fourth-order valence-corrected chi connectivity index (χ4v) is 0.703. The Morgan fingerprint density at radius 1 is 1.50 bits per heavy atom. The van der Waals surface area contributed by atoms with Gasteiger partial charge in [-0.15, -0.1) is 11.3 Å². The molecule has 1 rings (SSSR count). The Hall–Kier alpha value is -0.370. The SMILES string of the molecule is CC.Fc1cccs1. The highest BCUT2D eigenvalue weighted by Crippen LogP contribution is 2.02. The molecule has 0 atom stereocenters. The first-order chi connectivity index (χ1) is 3.89. The van der Waals surface area contributed by atoms with Crippen LogP contribution >= 0.6 is 11.3 Å². The van der Waals surface area contributed by atoms with Crippen LogP contribution in [0.5, 0.6) is 0 Å². The lowest BCUT2D eigenvalue weighted by molar-refractivity contribution is 0.657. The third-order valence-corrected chi connectivity index (χ3v) is 1.14. The normalized spacial score (nSPS) is 7.38. The van der Waals surface area contributed by atoms with Gasteiger partial charge in [-0.25, -0.2) is 0 Å². The summed E-state index contributed by atoms with van der Waals surface area (Å²) in [5.74, 6) is 0. The molecule has 0 spiro atoms. The quantitative estimate of drug-likeness (QED) is 0.509. The summed E-state index contributed by atoms with van der Waals surface area (Å²) in [6, 6.07) is 3.12. The molecule has 1 aromatic rings. The van der Waals surface area contributed by atoms with Gasteiger partial charge in [0.1, 0.15) is 0 Å². The summed E-state index contributed by atoms with van der Waals surface area (Å²) in [5.41, 5.74) is 0. The van der Waals surface area contributed by atoms with Crippen LogP contribution in [0.3, 0.4) is 0 Å². The molecular formula is C6H9FS. The van der Waals surface area contributed by atoms with Gasteiger partial charge in [0.25, 0.3) is 0 Å². The molecular weight excluding hydrogens is 123 g/mol. The Kier molecular flexibility index (Phi) is 4.56. The smallest absolute Gasteiger partial charge is 0.176 e. The van der Waals surface area contributed by atoms with Gasteiger partial charge in [-0.05, 0) is 17.5 Å². The number of thiophene rings is 1.